The summed E-state index contributed by atoms with van der Waals surface area (Å²) in [5.74, 6) is 1.74. The average Bonchev–Trinajstić information content (AvgIpc) is 2.47. The number of methoxy groups -OCH3 is 2. The molecule has 0 fully saturated rings. The predicted molar refractivity (Wildman–Crippen MR) is 88.9 cm³/mol. The van der Waals surface area contributed by atoms with Crippen molar-refractivity contribution in [3.05, 3.63) is 48.5 Å². The summed E-state index contributed by atoms with van der Waals surface area (Å²) in [4.78, 5) is 0. The molecule has 0 aliphatic heterocycles. The Morgan fingerprint density at radius 1 is 0.684 bits per heavy atom. The van der Waals surface area contributed by atoms with Crippen LogP contribution in [0.5, 0.6) is 11.5 Å². The van der Waals surface area contributed by atoms with Crippen molar-refractivity contribution in [1.82, 2.24) is 0 Å². The molecule has 0 unspecified atom stereocenters. The van der Waals surface area contributed by atoms with E-state index in [1.54, 1.807) is 14.2 Å². The molecule has 2 rings (SSSR count). The Bertz CT molecular complexity index is 489. The van der Waals surface area contributed by atoms with Crippen molar-refractivity contribution in [1.29, 1.82) is 0 Å². The zero-order valence-electron chi connectivity index (χ0n) is 10.6. The molecule has 0 aliphatic carbocycles. The summed E-state index contributed by atoms with van der Waals surface area (Å²) >= 11 is 5.23. The van der Waals surface area contributed by atoms with E-state index in [1.165, 1.54) is 7.22 Å². The fourth-order valence-electron chi connectivity index (χ4n) is 1.63. The SMILES string of the molecule is COc1ccc([Te](Br)(Br)c2ccc(OC)cc2)cc1. The van der Waals surface area contributed by atoms with Crippen molar-refractivity contribution in [3.8, 4) is 11.5 Å². The molecule has 0 bridgehead atoms. The first-order valence-corrected chi connectivity index (χ1v) is 18.4. The average molecular weight is 502 g/mol. The van der Waals surface area contributed by atoms with E-state index in [1.807, 2.05) is 24.3 Å². The molecule has 0 N–H and O–H groups in total. The fraction of sp³-hybridized carbons (Fsp3) is 0.143. The van der Waals surface area contributed by atoms with Crippen molar-refractivity contribution in [2.75, 3.05) is 14.2 Å². The Hall–Kier alpha value is -0.210. The normalized spacial score (nSPS) is 12.0. The second-order valence-corrected chi connectivity index (χ2v) is 28.0. The van der Waals surface area contributed by atoms with Gasteiger partial charge >= 0.3 is 130 Å². The van der Waals surface area contributed by atoms with Gasteiger partial charge in [-0.15, -0.1) is 0 Å². The zero-order chi connectivity index (χ0) is 13.9. The van der Waals surface area contributed by atoms with Gasteiger partial charge in [0.15, 0.2) is 0 Å². The maximum absolute atomic E-state index is 5.19. The van der Waals surface area contributed by atoms with E-state index in [2.05, 4.69) is 49.8 Å². The van der Waals surface area contributed by atoms with Crippen LogP contribution >= 0.6 is 25.5 Å². The minimum absolute atomic E-state index is 0.872. The molecule has 0 aromatic heterocycles. The first-order valence-electron chi connectivity index (χ1n) is 5.58. The van der Waals surface area contributed by atoms with Gasteiger partial charge in [-0.2, -0.15) is 0 Å². The van der Waals surface area contributed by atoms with Crippen LogP contribution in [0.15, 0.2) is 48.5 Å². The molecule has 0 radical (unpaired) electrons. The number of halogens is 2. The number of ether oxygens (including phenoxy) is 2. The van der Waals surface area contributed by atoms with E-state index >= 15 is 0 Å². The van der Waals surface area contributed by atoms with Gasteiger partial charge in [-0.05, 0) is 0 Å². The number of rotatable bonds is 4. The van der Waals surface area contributed by atoms with E-state index in [0.717, 1.165) is 11.5 Å². The minimum atomic E-state index is -2.60. The third kappa shape index (κ3) is 3.46. The van der Waals surface area contributed by atoms with Crippen molar-refractivity contribution >= 4 is 46.5 Å². The van der Waals surface area contributed by atoms with Crippen molar-refractivity contribution < 1.29 is 9.47 Å². The predicted octanol–water partition coefficient (Wildman–Crippen LogP) is 3.05. The number of hydrogen-bond acceptors (Lipinski definition) is 2. The molecule has 2 nitrogen and oxygen atoms in total. The van der Waals surface area contributed by atoms with E-state index in [9.17, 15) is 0 Å². The molecule has 19 heavy (non-hydrogen) atoms. The molecule has 0 atom stereocenters. The number of benzene rings is 2. The summed E-state index contributed by atoms with van der Waals surface area (Å²) < 4.78 is 13.0. The summed E-state index contributed by atoms with van der Waals surface area (Å²) in [5.41, 5.74) is 0. The third-order valence-electron chi connectivity index (χ3n) is 2.71. The van der Waals surface area contributed by atoms with Crippen LogP contribution in [0.4, 0.5) is 0 Å². The second kappa shape index (κ2) is 6.49. The van der Waals surface area contributed by atoms with Crippen molar-refractivity contribution in [2.24, 2.45) is 0 Å². The van der Waals surface area contributed by atoms with Crippen LogP contribution in [-0.4, -0.2) is 28.0 Å². The molecule has 102 valence electrons. The van der Waals surface area contributed by atoms with E-state index in [0.29, 0.717) is 0 Å². The quantitative estimate of drug-likeness (QED) is 0.600. The first-order chi connectivity index (χ1) is 9.07. The van der Waals surface area contributed by atoms with Gasteiger partial charge in [0.1, 0.15) is 0 Å². The molecule has 0 aliphatic rings. The van der Waals surface area contributed by atoms with Gasteiger partial charge in [-0.25, -0.2) is 0 Å². The molecular formula is C14H14Br2O2Te. The summed E-state index contributed by atoms with van der Waals surface area (Å²) in [6.45, 7) is 0. The Labute approximate surface area is 129 Å². The van der Waals surface area contributed by atoms with E-state index < -0.39 is 13.8 Å². The van der Waals surface area contributed by atoms with Gasteiger partial charge in [0.05, 0.1) is 0 Å². The Morgan fingerprint density at radius 2 is 1.00 bits per heavy atom. The Balaban J connectivity index is 2.33. The van der Waals surface area contributed by atoms with Gasteiger partial charge in [0, 0.05) is 0 Å². The summed E-state index contributed by atoms with van der Waals surface area (Å²) in [7, 11) is 3.35. The fourth-order valence-corrected chi connectivity index (χ4v) is 10.9. The second-order valence-electron chi connectivity index (χ2n) is 3.82. The molecule has 0 saturated heterocycles. The van der Waals surface area contributed by atoms with Gasteiger partial charge in [-0.3, -0.25) is 0 Å². The van der Waals surface area contributed by atoms with Gasteiger partial charge in [0.2, 0.25) is 0 Å². The summed E-state index contributed by atoms with van der Waals surface area (Å²) in [5, 5.41) is 0. The van der Waals surface area contributed by atoms with Crippen LogP contribution in [-0.2, 0) is 0 Å². The van der Waals surface area contributed by atoms with Gasteiger partial charge in [-0.1, -0.05) is 0 Å². The molecular weight excluding hydrogens is 488 g/mol. The zero-order valence-corrected chi connectivity index (χ0v) is 16.1. The monoisotopic (exact) mass is 502 g/mol. The molecule has 2 aromatic carbocycles. The molecule has 2 aromatic rings. The molecule has 0 heterocycles. The van der Waals surface area contributed by atoms with Crippen molar-refractivity contribution in [2.45, 2.75) is 0 Å². The van der Waals surface area contributed by atoms with Gasteiger partial charge in [0.25, 0.3) is 0 Å². The summed E-state index contributed by atoms with van der Waals surface area (Å²) in [6, 6.07) is 16.4. The Morgan fingerprint density at radius 3 is 1.26 bits per heavy atom. The topological polar surface area (TPSA) is 18.5 Å². The Kier molecular flexibility index (Phi) is 5.19. The van der Waals surface area contributed by atoms with Crippen LogP contribution in [0.25, 0.3) is 0 Å². The van der Waals surface area contributed by atoms with Gasteiger partial charge < -0.3 is 0 Å². The summed E-state index contributed by atoms with van der Waals surface area (Å²) in [6.07, 6.45) is 0. The van der Waals surface area contributed by atoms with Crippen LogP contribution in [0.1, 0.15) is 0 Å². The van der Waals surface area contributed by atoms with Crippen molar-refractivity contribution in [3.63, 3.8) is 0 Å². The molecule has 0 amide bonds. The molecule has 5 heteroatoms. The van der Waals surface area contributed by atoms with Crippen LogP contribution < -0.4 is 16.7 Å². The van der Waals surface area contributed by atoms with Crippen LogP contribution in [0.3, 0.4) is 0 Å². The van der Waals surface area contributed by atoms with E-state index in [4.69, 9.17) is 9.47 Å². The van der Waals surface area contributed by atoms with Crippen LogP contribution in [0, 0.1) is 0 Å². The first kappa shape index (κ1) is 15.2. The molecule has 0 saturated carbocycles. The standard InChI is InChI=1S/C14H14Br2O2Te/c1-17-11-3-7-13(8-4-11)19(15,16)14-9-5-12(18-2)6-10-14/h3-10H,1-2H3. The van der Waals surface area contributed by atoms with Crippen LogP contribution in [0.2, 0.25) is 0 Å². The van der Waals surface area contributed by atoms with E-state index in [-0.39, 0.29) is 0 Å². The maximum atomic E-state index is 5.19. The molecule has 0 spiro atoms. The number of hydrogen-bond donors (Lipinski definition) is 0. The third-order valence-corrected chi connectivity index (χ3v) is 17.7.